The van der Waals surface area contributed by atoms with Gasteiger partial charge in [0.15, 0.2) is 0 Å². The number of fused-ring (bicyclic) bond motifs is 1. The molecular weight excluding hydrogens is 416 g/mol. The summed E-state index contributed by atoms with van der Waals surface area (Å²) in [7, 11) is -0.778. The van der Waals surface area contributed by atoms with Crippen LogP contribution in [0.15, 0.2) is 45.5 Å². The summed E-state index contributed by atoms with van der Waals surface area (Å²) in [5.74, 6) is 1.21. The molecule has 2 heterocycles. The molecular formula is C16H15ClN2O4S3. The molecule has 2 aromatic heterocycles. The van der Waals surface area contributed by atoms with Crippen molar-refractivity contribution in [3.63, 3.8) is 0 Å². The van der Waals surface area contributed by atoms with Crippen LogP contribution in [0.25, 0.3) is 10.2 Å². The Bertz CT molecular complexity index is 1140. The third-order valence-corrected chi connectivity index (χ3v) is 7.68. The van der Waals surface area contributed by atoms with Crippen LogP contribution in [-0.4, -0.2) is 27.2 Å². The van der Waals surface area contributed by atoms with Gasteiger partial charge in [-0.25, -0.2) is 0 Å². The van der Waals surface area contributed by atoms with E-state index in [4.69, 9.17) is 21.1 Å². The average Bonchev–Trinajstić information content (AvgIpc) is 3.19. The highest BCUT2D eigenvalue weighted by atomic mass is 35.5. The van der Waals surface area contributed by atoms with E-state index < -0.39 is 10.0 Å². The zero-order valence-corrected chi connectivity index (χ0v) is 17.1. The van der Waals surface area contributed by atoms with Gasteiger partial charge >= 0.3 is 0 Å². The second-order valence-electron chi connectivity index (χ2n) is 5.06. The summed E-state index contributed by atoms with van der Waals surface area (Å²) in [5, 5.41) is 0. The van der Waals surface area contributed by atoms with E-state index in [1.165, 1.54) is 23.5 Å². The number of hydrogen-bond donors (Lipinski definition) is 0. The first kappa shape index (κ1) is 19.0. The first-order valence-corrected chi connectivity index (χ1v) is 10.8. The van der Waals surface area contributed by atoms with E-state index in [0.717, 1.165) is 16.0 Å². The minimum Gasteiger partial charge on any atom is -0.495 e. The maximum atomic E-state index is 12.6. The Kier molecular flexibility index (Phi) is 5.42. The van der Waals surface area contributed by atoms with Crippen molar-refractivity contribution in [1.82, 2.24) is 4.57 Å². The minimum absolute atomic E-state index is 0.0871. The van der Waals surface area contributed by atoms with Gasteiger partial charge in [0.05, 0.1) is 18.6 Å². The Hall–Kier alpha value is -1.81. The monoisotopic (exact) mass is 430 g/mol. The van der Waals surface area contributed by atoms with Gasteiger partial charge in [-0.1, -0.05) is 29.0 Å². The summed E-state index contributed by atoms with van der Waals surface area (Å²) in [6.07, 6.45) is 1.67. The molecule has 0 aliphatic carbocycles. The number of methoxy groups -OCH3 is 2. The third-order valence-electron chi connectivity index (χ3n) is 3.51. The van der Waals surface area contributed by atoms with E-state index in [9.17, 15) is 8.42 Å². The predicted octanol–water partition coefficient (Wildman–Crippen LogP) is 3.91. The van der Waals surface area contributed by atoms with Gasteiger partial charge in [0.2, 0.25) is 4.80 Å². The van der Waals surface area contributed by atoms with Crippen molar-refractivity contribution in [2.24, 2.45) is 4.40 Å². The van der Waals surface area contributed by atoms with Crippen molar-refractivity contribution in [2.45, 2.75) is 10.8 Å². The molecule has 0 saturated heterocycles. The van der Waals surface area contributed by atoms with Crippen molar-refractivity contribution in [3.05, 3.63) is 46.1 Å². The SMILES string of the molecule is C=CCn1c(=NS(=O)(=O)c2ccc(Cl)s2)sc2c(OC)ccc(OC)c21. The lowest BCUT2D eigenvalue weighted by molar-refractivity contribution is 0.409. The van der Waals surface area contributed by atoms with E-state index >= 15 is 0 Å². The van der Waals surface area contributed by atoms with Crippen molar-refractivity contribution in [1.29, 1.82) is 0 Å². The lowest BCUT2D eigenvalue weighted by atomic mass is 10.3. The van der Waals surface area contributed by atoms with Crippen LogP contribution < -0.4 is 14.3 Å². The number of sulfonamides is 1. The molecule has 0 atom stereocenters. The summed E-state index contributed by atoms with van der Waals surface area (Å²) < 4.78 is 43.1. The van der Waals surface area contributed by atoms with Gasteiger partial charge in [0.1, 0.15) is 25.9 Å². The minimum atomic E-state index is -3.89. The Labute approximate surface area is 163 Å². The van der Waals surface area contributed by atoms with Crippen LogP contribution in [0.3, 0.4) is 0 Å². The molecule has 0 bridgehead atoms. The number of allylic oxidation sites excluding steroid dienone is 1. The van der Waals surface area contributed by atoms with Gasteiger partial charge < -0.3 is 14.0 Å². The molecule has 0 spiro atoms. The van der Waals surface area contributed by atoms with E-state index in [2.05, 4.69) is 11.0 Å². The quantitative estimate of drug-likeness (QED) is 0.556. The largest absolute Gasteiger partial charge is 0.495 e. The number of nitrogens with zero attached hydrogens (tertiary/aromatic N) is 2. The fourth-order valence-corrected chi connectivity index (χ4v) is 6.22. The molecule has 3 aromatic rings. The van der Waals surface area contributed by atoms with Crippen LogP contribution in [0.1, 0.15) is 0 Å². The number of halogens is 1. The first-order valence-electron chi connectivity index (χ1n) is 7.33. The van der Waals surface area contributed by atoms with Crippen LogP contribution in [0.2, 0.25) is 4.34 Å². The van der Waals surface area contributed by atoms with Crippen molar-refractivity contribution in [2.75, 3.05) is 14.2 Å². The average molecular weight is 431 g/mol. The highest BCUT2D eigenvalue weighted by molar-refractivity contribution is 7.92. The second kappa shape index (κ2) is 7.43. The summed E-state index contributed by atoms with van der Waals surface area (Å²) >= 11 is 8.03. The smallest absolute Gasteiger partial charge is 0.294 e. The Morgan fingerprint density at radius 3 is 2.46 bits per heavy atom. The van der Waals surface area contributed by atoms with Crippen LogP contribution >= 0.6 is 34.3 Å². The van der Waals surface area contributed by atoms with Gasteiger partial charge in [-0.15, -0.1) is 22.3 Å². The zero-order chi connectivity index (χ0) is 18.9. The lowest BCUT2D eigenvalue weighted by Gasteiger charge is -2.08. The number of rotatable bonds is 6. The van der Waals surface area contributed by atoms with Crippen LogP contribution in [0, 0.1) is 0 Å². The molecule has 0 amide bonds. The highest BCUT2D eigenvalue weighted by Gasteiger charge is 2.19. The molecule has 0 aliphatic rings. The number of thiazole rings is 1. The van der Waals surface area contributed by atoms with E-state index in [1.807, 2.05) is 0 Å². The van der Waals surface area contributed by atoms with Gasteiger partial charge in [0, 0.05) is 6.54 Å². The highest BCUT2D eigenvalue weighted by Crippen LogP contribution is 2.35. The summed E-state index contributed by atoms with van der Waals surface area (Å²) in [6.45, 7) is 4.11. The van der Waals surface area contributed by atoms with E-state index in [0.29, 0.717) is 32.7 Å². The van der Waals surface area contributed by atoms with Gasteiger partial charge in [-0.2, -0.15) is 8.42 Å². The molecule has 0 N–H and O–H groups in total. The molecule has 3 rings (SSSR count). The molecule has 0 radical (unpaired) electrons. The fraction of sp³-hybridized carbons (Fsp3) is 0.188. The molecule has 0 unspecified atom stereocenters. The van der Waals surface area contributed by atoms with Gasteiger partial charge in [-0.05, 0) is 24.3 Å². The Morgan fingerprint density at radius 1 is 1.19 bits per heavy atom. The van der Waals surface area contributed by atoms with Gasteiger partial charge in [0.25, 0.3) is 10.0 Å². The van der Waals surface area contributed by atoms with E-state index in [-0.39, 0.29) is 4.21 Å². The van der Waals surface area contributed by atoms with Crippen LogP contribution in [-0.2, 0) is 16.6 Å². The summed E-state index contributed by atoms with van der Waals surface area (Å²) in [4.78, 5) is 0.298. The number of thiophene rings is 1. The van der Waals surface area contributed by atoms with Crippen molar-refractivity contribution in [3.8, 4) is 11.5 Å². The predicted molar refractivity (Wildman–Crippen MR) is 105 cm³/mol. The number of hydrogen-bond acceptors (Lipinski definition) is 6. The Morgan fingerprint density at radius 2 is 1.88 bits per heavy atom. The molecule has 0 aliphatic heterocycles. The summed E-state index contributed by atoms with van der Waals surface area (Å²) in [6, 6.07) is 6.51. The van der Waals surface area contributed by atoms with Gasteiger partial charge in [-0.3, -0.25) is 0 Å². The maximum absolute atomic E-state index is 12.6. The van der Waals surface area contributed by atoms with Crippen LogP contribution in [0.5, 0.6) is 11.5 Å². The van der Waals surface area contributed by atoms with Crippen molar-refractivity contribution >= 4 is 54.5 Å². The molecule has 0 fully saturated rings. The molecule has 138 valence electrons. The third kappa shape index (κ3) is 3.39. The molecule has 0 saturated carbocycles. The topological polar surface area (TPSA) is 69.9 Å². The zero-order valence-electron chi connectivity index (χ0n) is 13.9. The van der Waals surface area contributed by atoms with Crippen LogP contribution in [0.4, 0.5) is 0 Å². The fourth-order valence-electron chi connectivity index (χ4n) is 2.41. The normalized spacial score (nSPS) is 12.5. The molecule has 26 heavy (non-hydrogen) atoms. The van der Waals surface area contributed by atoms with E-state index in [1.54, 1.807) is 37.0 Å². The second-order valence-corrected chi connectivity index (χ2v) is 9.58. The van der Waals surface area contributed by atoms with Crippen molar-refractivity contribution < 1.29 is 17.9 Å². The number of benzene rings is 1. The Balaban J connectivity index is 2.35. The number of ether oxygens (including phenoxy) is 2. The molecule has 10 heteroatoms. The molecule has 6 nitrogen and oxygen atoms in total. The summed E-state index contributed by atoms with van der Waals surface area (Å²) in [5.41, 5.74) is 0.704. The molecule has 1 aromatic carbocycles. The maximum Gasteiger partial charge on any atom is 0.294 e. The first-order chi connectivity index (χ1) is 12.4. The standard InChI is InChI=1S/C16H15ClN2O4S3/c1-4-9-19-14-10(22-2)5-6-11(23-3)15(14)25-16(19)18-26(20,21)13-8-7-12(17)24-13/h4-8H,1,9H2,2-3H3. The number of aromatic nitrogens is 1. The lowest BCUT2D eigenvalue weighted by Crippen LogP contribution is -2.16.